The Morgan fingerprint density at radius 1 is 1.07 bits per heavy atom. The molecule has 5 heteroatoms. The van der Waals surface area contributed by atoms with Crippen molar-refractivity contribution in [3.05, 3.63) is 66.2 Å². The minimum atomic E-state index is -0.891. The molecule has 0 aliphatic heterocycles. The van der Waals surface area contributed by atoms with Gasteiger partial charge in [0, 0.05) is 21.7 Å². The first kappa shape index (κ1) is 23.5. The van der Waals surface area contributed by atoms with Crippen molar-refractivity contribution in [1.82, 2.24) is 5.32 Å². The number of hydrogen-bond donors (Lipinski definition) is 2. The van der Waals surface area contributed by atoms with Crippen LogP contribution in [0, 0.1) is 5.92 Å². The van der Waals surface area contributed by atoms with Gasteiger partial charge in [0.1, 0.15) is 0 Å². The number of aliphatic hydroxyl groups is 1. The van der Waals surface area contributed by atoms with Crippen molar-refractivity contribution in [2.75, 3.05) is 6.61 Å². The molecule has 0 saturated heterocycles. The largest absolute Gasteiger partial charge is 0.466 e. The Hall–Kier alpha value is -1.82. The lowest BCUT2D eigenvalue weighted by Crippen LogP contribution is -2.52. The van der Waals surface area contributed by atoms with Crippen LogP contribution in [0.3, 0.4) is 0 Å². The molecule has 2 aromatic rings. The van der Waals surface area contributed by atoms with Crippen LogP contribution >= 0.6 is 11.8 Å². The molecule has 158 valence electrons. The lowest BCUT2D eigenvalue weighted by Gasteiger charge is -2.38. The Labute approximate surface area is 179 Å². The van der Waals surface area contributed by atoms with Gasteiger partial charge in [-0.05, 0) is 52.3 Å². The molecule has 4 atom stereocenters. The third kappa shape index (κ3) is 6.59. The molecule has 0 aliphatic carbocycles. The first-order valence-electron chi connectivity index (χ1n) is 10.2. The summed E-state index contributed by atoms with van der Waals surface area (Å²) in [4.78, 5) is 13.9. The van der Waals surface area contributed by atoms with E-state index in [-0.39, 0.29) is 24.7 Å². The molecule has 0 heterocycles. The van der Waals surface area contributed by atoms with Gasteiger partial charge in [-0.2, -0.15) is 0 Å². The van der Waals surface area contributed by atoms with Gasteiger partial charge < -0.3 is 15.2 Å². The van der Waals surface area contributed by atoms with Gasteiger partial charge in [-0.3, -0.25) is 4.79 Å². The fraction of sp³-hybridized carbons (Fsp3) is 0.458. The molecule has 0 bridgehead atoms. The molecule has 0 aliphatic rings. The van der Waals surface area contributed by atoms with Crippen molar-refractivity contribution >= 4 is 17.7 Å². The van der Waals surface area contributed by atoms with Gasteiger partial charge in [0.05, 0.1) is 18.6 Å². The van der Waals surface area contributed by atoms with Gasteiger partial charge in [-0.25, -0.2) is 0 Å². The summed E-state index contributed by atoms with van der Waals surface area (Å²) in [6.07, 6.45) is -0.891. The highest BCUT2D eigenvalue weighted by Gasteiger charge is 2.43. The highest BCUT2D eigenvalue weighted by molar-refractivity contribution is 8.00. The van der Waals surface area contributed by atoms with Crippen LogP contribution in [-0.2, 0) is 9.53 Å². The quantitative estimate of drug-likeness (QED) is 0.430. The van der Waals surface area contributed by atoms with Gasteiger partial charge >= 0.3 is 5.97 Å². The van der Waals surface area contributed by atoms with Crippen LogP contribution in [0.1, 0.15) is 46.2 Å². The summed E-state index contributed by atoms with van der Waals surface area (Å²) in [6, 6.07) is 19.8. The van der Waals surface area contributed by atoms with E-state index in [0.717, 1.165) is 10.5 Å². The fourth-order valence-corrected chi connectivity index (χ4v) is 4.63. The third-order valence-electron chi connectivity index (χ3n) is 5.09. The second-order valence-corrected chi connectivity index (χ2v) is 9.56. The van der Waals surface area contributed by atoms with Gasteiger partial charge in [0.15, 0.2) is 0 Å². The van der Waals surface area contributed by atoms with E-state index in [9.17, 15) is 9.90 Å². The summed E-state index contributed by atoms with van der Waals surface area (Å²) in [5.41, 5.74) is 1.13. The van der Waals surface area contributed by atoms with Crippen LogP contribution in [0.15, 0.2) is 65.6 Å². The monoisotopic (exact) mass is 415 g/mol. The van der Waals surface area contributed by atoms with Crippen molar-refractivity contribution < 1.29 is 14.6 Å². The van der Waals surface area contributed by atoms with E-state index in [1.165, 1.54) is 0 Å². The molecule has 0 radical (unpaired) electrons. The fourth-order valence-electron chi connectivity index (χ4n) is 3.47. The molecular weight excluding hydrogens is 382 g/mol. The SMILES string of the molecule is CCOC(=O)[C@@H]([C@H](C)N[C@@H](C)c1ccccc1)[C@@H](O)C(C)(C)Sc1ccccc1. The van der Waals surface area contributed by atoms with Crippen molar-refractivity contribution in [3.8, 4) is 0 Å². The zero-order chi connectivity index (χ0) is 21.4. The Balaban J connectivity index is 2.20. The zero-order valence-electron chi connectivity index (χ0n) is 18.0. The van der Waals surface area contributed by atoms with Crippen molar-refractivity contribution in [3.63, 3.8) is 0 Å². The Morgan fingerprint density at radius 3 is 2.17 bits per heavy atom. The molecule has 0 amide bonds. The zero-order valence-corrected chi connectivity index (χ0v) is 18.8. The van der Waals surface area contributed by atoms with Crippen molar-refractivity contribution in [2.45, 2.75) is 62.4 Å². The predicted molar refractivity (Wildman–Crippen MR) is 120 cm³/mol. The number of thioether (sulfide) groups is 1. The number of benzene rings is 2. The molecule has 0 unspecified atom stereocenters. The van der Waals surface area contributed by atoms with Gasteiger partial charge in [-0.1, -0.05) is 48.5 Å². The molecule has 0 spiro atoms. The number of hydrogen-bond acceptors (Lipinski definition) is 5. The second-order valence-electron chi connectivity index (χ2n) is 7.83. The van der Waals surface area contributed by atoms with Crippen LogP contribution in [-0.4, -0.2) is 34.6 Å². The molecule has 2 rings (SSSR count). The van der Waals surface area contributed by atoms with Crippen LogP contribution in [0.25, 0.3) is 0 Å². The summed E-state index contributed by atoms with van der Waals surface area (Å²) in [6.45, 7) is 10.0. The standard InChI is InChI=1S/C24H33NO3S/c1-6-28-23(27)21(18(3)25-17(2)19-13-9-7-10-14-19)22(26)24(4,5)29-20-15-11-8-12-16-20/h7-18,21-22,25-26H,6H2,1-5H3/t17-,18-,21-,22+/m0/s1. The predicted octanol–water partition coefficient (Wildman–Crippen LogP) is 4.84. The topological polar surface area (TPSA) is 58.6 Å². The molecule has 0 saturated carbocycles. The van der Waals surface area contributed by atoms with E-state index in [1.807, 2.05) is 69.3 Å². The number of rotatable bonds is 10. The lowest BCUT2D eigenvalue weighted by molar-refractivity contribution is -0.154. The van der Waals surface area contributed by atoms with Crippen molar-refractivity contribution in [1.29, 1.82) is 0 Å². The van der Waals surface area contributed by atoms with Crippen LogP contribution in [0.2, 0.25) is 0 Å². The second kappa shape index (κ2) is 10.8. The highest BCUT2D eigenvalue weighted by Crippen LogP contribution is 2.38. The summed E-state index contributed by atoms with van der Waals surface area (Å²) < 4.78 is 4.75. The lowest BCUT2D eigenvalue weighted by atomic mass is 9.86. The average molecular weight is 416 g/mol. The summed E-state index contributed by atoms with van der Waals surface area (Å²) in [5, 5.41) is 14.8. The van der Waals surface area contributed by atoms with Crippen LogP contribution < -0.4 is 5.32 Å². The Morgan fingerprint density at radius 2 is 1.62 bits per heavy atom. The molecule has 0 aromatic heterocycles. The number of ether oxygens (including phenoxy) is 1. The van der Waals surface area contributed by atoms with Gasteiger partial charge in [0.2, 0.25) is 0 Å². The third-order valence-corrected chi connectivity index (χ3v) is 6.36. The normalized spacial score (nSPS) is 15.9. The summed E-state index contributed by atoms with van der Waals surface area (Å²) >= 11 is 1.56. The number of carbonyl (C=O) groups excluding carboxylic acids is 1. The molecule has 0 fully saturated rings. The minimum Gasteiger partial charge on any atom is -0.466 e. The van der Waals surface area contributed by atoms with E-state index in [0.29, 0.717) is 0 Å². The molecule has 29 heavy (non-hydrogen) atoms. The maximum Gasteiger partial charge on any atom is 0.313 e. The van der Waals surface area contributed by atoms with Gasteiger partial charge in [0.25, 0.3) is 0 Å². The highest BCUT2D eigenvalue weighted by atomic mass is 32.2. The molecule has 2 N–H and O–H groups in total. The minimum absolute atomic E-state index is 0.0419. The first-order valence-corrected chi connectivity index (χ1v) is 11.0. The maximum absolute atomic E-state index is 12.8. The Kier molecular flexibility index (Phi) is 8.75. The number of aliphatic hydroxyl groups excluding tert-OH is 1. The first-order chi connectivity index (χ1) is 13.8. The molecular formula is C24H33NO3S. The van der Waals surface area contributed by atoms with Crippen LogP contribution in [0.5, 0.6) is 0 Å². The number of carbonyl (C=O) groups is 1. The smallest absolute Gasteiger partial charge is 0.313 e. The van der Waals surface area contributed by atoms with E-state index in [1.54, 1.807) is 18.7 Å². The van der Waals surface area contributed by atoms with E-state index >= 15 is 0 Å². The number of esters is 1. The van der Waals surface area contributed by atoms with Crippen LogP contribution in [0.4, 0.5) is 0 Å². The average Bonchev–Trinajstić information content (AvgIpc) is 2.69. The maximum atomic E-state index is 12.8. The van der Waals surface area contributed by atoms with E-state index < -0.39 is 16.8 Å². The molecule has 4 nitrogen and oxygen atoms in total. The number of nitrogens with one attached hydrogen (secondary N) is 1. The summed E-state index contributed by atoms with van der Waals surface area (Å²) in [5.74, 6) is -1.06. The van der Waals surface area contributed by atoms with Crippen molar-refractivity contribution in [2.24, 2.45) is 5.92 Å². The van der Waals surface area contributed by atoms with E-state index in [2.05, 4.69) is 24.4 Å². The van der Waals surface area contributed by atoms with E-state index in [4.69, 9.17) is 4.74 Å². The summed E-state index contributed by atoms with van der Waals surface area (Å²) in [7, 11) is 0. The Bertz CT molecular complexity index is 751. The molecule has 2 aromatic carbocycles. The van der Waals surface area contributed by atoms with Gasteiger partial charge in [-0.15, -0.1) is 11.8 Å².